The number of nitrogens with zero attached hydrogens (tertiary/aromatic N) is 1. The molecule has 0 atom stereocenters. The molecule has 0 saturated heterocycles. The third kappa shape index (κ3) is 8.00. The Labute approximate surface area is 141 Å². The van der Waals surface area contributed by atoms with Gasteiger partial charge in [0.2, 0.25) is 0 Å². The molecule has 0 unspecified atom stereocenters. The molecule has 7 heteroatoms. The van der Waals surface area contributed by atoms with Crippen LogP contribution in [0, 0.1) is 0 Å². The first-order chi connectivity index (χ1) is 7.88. The molecule has 0 aromatic heterocycles. The minimum Gasteiger partial charge on any atom is 1.00 e. The maximum atomic E-state index is 10.4. The van der Waals surface area contributed by atoms with E-state index in [-0.39, 0.29) is 56.2 Å². The van der Waals surface area contributed by atoms with Crippen LogP contribution in [0.5, 0.6) is 0 Å². The third-order valence-corrected chi connectivity index (χ3v) is 6.08. The van der Waals surface area contributed by atoms with E-state index in [1.165, 1.54) is 3.61 Å². The van der Waals surface area contributed by atoms with Gasteiger partial charge in [0.05, 0.1) is 0 Å². The molecule has 1 aromatic carbocycles. The summed E-state index contributed by atoms with van der Waals surface area (Å²) >= 11 is -0.363. The standard InChI is InChI=1S/C11H17NO3STe.Na/c1-12(2)10-4-6-11(7-5-10)17-9-3-8-16(13,14)15;/h4-7H,3,8-9H2,1-2H3,(H,13,14,15);/q;+1/p-1. The van der Waals surface area contributed by atoms with Crippen LogP contribution in [0.3, 0.4) is 0 Å². The summed E-state index contributed by atoms with van der Waals surface area (Å²) in [5.41, 5.74) is 1.16. The zero-order chi connectivity index (χ0) is 12.9. The Morgan fingerprint density at radius 2 is 1.78 bits per heavy atom. The Hall–Kier alpha value is 0.720. The number of rotatable bonds is 6. The monoisotopic (exact) mass is 395 g/mol. The average Bonchev–Trinajstić information content (AvgIpc) is 2.24. The van der Waals surface area contributed by atoms with Crippen molar-refractivity contribution < 1.29 is 42.5 Å². The minimum absolute atomic E-state index is 0. The average molecular weight is 393 g/mol. The summed E-state index contributed by atoms with van der Waals surface area (Å²) in [6.07, 6.45) is 0.490. The molecule has 0 radical (unpaired) electrons. The van der Waals surface area contributed by atoms with Crippen molar-refractivity contribution in [3.8, 4) is 0 Å². The van der Waals surface area contributed by atoms with Gasteiger partial charge in [-0.25, -0.2) is 0 Å². The van der Waals surface area contributed by atoms with Crippen LogP contribution in [0.2, 0.25) is 4.47 Å². The summed E-state index contributed by atoms with van der Waals surface area (Å²) in [5, 5.41) is 0. The summed E-state index contributed by atoms with van der Waals surface area (Å²) in [6, 6.07) is 8.29. The van der Waals surface area contributed by atoms with Gasteiger partial charge in [-0.3, -0.25) is 0 Å². The van der Waals surface area contributed by atoms with Crippen molar-refractivity contribution in [1.82, 2.24) is 0 Å². The molecular formula is C11H16NNaO3STe. The second-order valence-corrected chi connectivity index (χ2v) is 8.71. The van der Waals surface area contributed by atoms with Crippen molar-refractivity contribution in [2.45, 2.75) is 10.9 Å². The van der Waals surface area contributed by atoms with E-state index in [1.54, 1.807) is 0 Å². The molecule has 0 amide bonds. The van der Waals surface area contributed by atoms with Gasteiger partial charge in [-0.05, 0) is 0 Å². The SMILES string of the molecule is CN(C)c1ccc([Te]CCCS(=O)(=O)[O-])cc1.[Na+]. The minimum atomic E-state index is -4.03. The van der Waals surface area contributed by atoms with Crippen molar-refractivity contribution in [1.29, 1.82) is 0 Å². The van der Waals surface area contributed by atoms with Crippen molar-refractivity contribution in [3.05, 3.63) is 24.3 Å². The fourth-order valence-electron chi connectivity index (χ4n) is 1.27. The van der Waals surface area contributed by atoms with Crippen LogP contribution in [-0.2, 0) is 10.1 Å². The normalized spacial score (nSPS) is 10.8. The molecule has 4 nitrogen and oxygen atoms in total. The van der Waals surface area contributed by atoms with Crippen LogP contribution in [0.4, 0.5) is 5.69 Å². The van der Waals surface area contributed by atoms with Gasteiger partial charge in [-0.2, -0.15) is 0 Å². The summed E-state index contributed by atoms with van der Waals surface area (Å²) in [5.74, 6) is -0.229. The first kappa shape index (κ1) is 18.7. The summed E-state index contributed by atoms with van der Waals surface area (Å²) in [7, 11) is -0.0506. The topological polar surface area (TPSA) is 60.4 Å². The van der Waals surface area contributed by atoms with Crippen LogP contribution in [-0.4, -0.2) is 53.7 Å². The van der Waals surface area contributed by atoms with Gasteiger partial charge in [-0.15, -0.1) is 0 Å². The molecule has 0 aliphatic heterocycles. The van der Waals surface area contributed by atoms with E-state index in [4.69, 9.17) is 0 Å². The van der Waals surface area contributed by atoms with Crippen LogP contribution >= 0.6 is 0 Å². The fraction of sp³-hybridized carbons (Fsp3) is 0.455. The molecule has 1 aromatic rings. The van der Waals surface area contributed by atoms with E-state index in [9.17, 15) is 13.0 Å². The zero-order valence-electron chi connectivity index (χ0n) is 10.9. The molecular weight excluding hydrogens is 377 g/mol. The second-order valence-electron chi connectivity index (χ2n) is 3.85. The Morgan fingerprint density at radius 3 is 2.22 bits per heavy atom. The van der Waals surface area contributed by atoms with Crippen molar-refractivity contribution in [2.75, 3.05) is 24.7 Å². The third-order valence-electron chi connectivity index (χ3n) is 2.16. The van der Waals surface area contributed by atoms with E-state index in [0.717, 1.165) is 10.2 Å². The predicted molar refractivity (Wildman–Crippen MR) is 70.1 cm³/mol. The molecule has 0 N–H and O–H groups in total. The van der Waals surface area contributed by atoms with E-state index >= 15 is 0 Å². The maximum absolute atomic E-state index is 10.4. The summed E-state index contributed by atoms with van der Waals surface area (Å²) in [4.78, 5) is 2.04. The second kappa shape index (κ2) is 8.80. The van der Waals surface area contributed by atoms with Gasteiger partial charge in [0.15, 0.2) is 0 Å². The van der Waals surface area contributed by atoms with E-state index in [0.29, 0.717) is 6.42 Å². The molecule has 0 fully saturated rings. The molecule has 0 aliphatic rings. The Morgan fingerprint density at radius 1 is 1.22 bits per heavy atom. The van der Waals surface area contributed by atoms with Crippen molar-refractivity contribution >= 4 is 40.3 Å². The van der Waals surface area contributed by atoms with Crippen LogP contribution < -0.4 is 38.1 Å². The first-order valence-corrected chi connectivity index (χ1v) is 9.61. The number of anilines is 1. The molecule has 18 heavy (non-hydrogen) atoms. The van der Waals surface area contributed by atoms with E-state index < -0.39 is 10.1 Å². The Bertz CT molecular complexity index is 448. The van der Waals surface area contributed by atoms with Gasteiger partial charge < -0.3 is 0 Å². The molecule has 0 aliphatic carbocycles. The zero-order valence-corrected chi connectivity index (χ0v) is 16.1. The predicted octanol–water partition coefficient (Wildman–Crippen LogP) is -2.56. The number of hydrogen-bond donors (Lipinski definition) is 0. The van der Waals surface area contributed by atoms with Gasteiger partial charge in [-0.1, -0.05) is 0 Å². The van der Waals surface area contributed by atoms with Gasteiger partial charge in [0, 0.05) is 0 Å². The van der Waals surface area contributed by atoms with Crippen molar-refractivity contribution in [2.24, 2.45) is 0 Å². The Kier molecular flexibility index (Phi) is 9.16. The van der Waals surface area contributed by atoms with E-state index in [1.807, 2.05) is 19.0 Å². The molecule has 0 bridgehead atoms. The number of hydrogen-bond acceptors (Lipinski definition) is 4. The van der Waals surface area contributed by atoms with Crippen LogP contribution in [0.15, 0.2) is 24.3 Å². The van der Waals surface area contributed by atoms with Crippen LogP contribution in [0.1, 0.15) is 6.42 Å². The maximum Gasteiger partial charge on any atom is 1.00 e. The molecule has 1 rings (SSSR count). The molecule has 0 saturated carbocycles. The van der Waals surface area contributed by atoms with Crippen LogP contribution in [0.25, 0.3) is 0 Å². The van der Waals surface area contributed by atoms with E-state index in [2.05, 4.69) is 24.3 Å². The van der Waals surface area contributed by atoms with Crippen molar-refractivity contribution in [3.63, 3.8) is 0 Å². The van der Waals surface area contributed by atoms with Gasteiger partial charge >= 0.3 is 143 Å². The first-order valence-electron chi connectivity index (χ1n) is 5.22. The largest absolute Gasteiger partial charge is 1.00 e. The van der Waals surface area contributed by atoms with Gasteiger partial charge in [0.1, 0.15) is 0 Å². The number of benzene rings is 1. The fourth-order valence-corrected chi connectivity index (χ4v) is 4.77. The Balaban J connectivity index is 0.00000289. The molecule has 0 heterocycles. The smallest absolute Gasteiger partial charge is 1.00 e. The quantitative estimate of drug-likeness (QED) is 0.303. The van der Waals surface area contributed by atoms with Gasteiger partial charge in [0.25, 0.3) is 0 Å². The molecule has 96 valence electrons. The molecule has 0 spiro atoms. The summed E-state index contributed by atoms with van der Waals surface area (Å²) in [6.45, 7) is 0. The summed E-state index contributed by atoms with van der Waals surface area (Å²) < 4.78 is 33.4.